The van der Waals surface area contributed by atoms with Crippen molar-refractivity contribution in [3.63, 3.8) is 0 Å². The summed E-state index contributed by atoms with van der Waals surface area (Å²) in [7, 11) is 3.11. The SMILES string of the molecule is COc1ccc(OC)c(/C=C/C(=O)OCc2nc(-c3ccccc3Cl)no2)c1. The van der Waals surface area contributed by atoms with E-state index >= 15 is 0 Å². The van der Waals surface area contributed by atoms with Crippen molar-refractivity contribution in [2.24, 2.45) is 0 Å². The van der Waals surface area contributed by atoms with E-state index in [-0.39, 0.29) is 12.5 Å². The van der Waals surface area contributed by atoms with E-state index in [2.05, 4.69) is 10.1 Å². The summed E-state index contributed by atoms with van der Waals surface area (Å²) >= 11 is 6.11. The molecule has 0 saturated heterocycles. The molecule has 3 aromatic rings. The molecular formula is C20H17ClN2O5. The van der Waals surface area contributed by atoms with Crippen molar-refractivity contribution in [1.29, 1.82) is 0 Å². The zero-order chi connectivity index (χ0) is 19.9. The fourth-order valence-corrected chi connectivity index (χ4v) is 2.59. The van der Waals surface area contributed by atoms with Crippen molar-refractivity contribution >= 4 is 23.6 Å². The van der Waals surface area contributed by atoms with Gasteiger partial charge in [-0.05, 0) is 36.4 Å². The van der Waals surface area contributed by atoms with Gasteiger partial charge in [-0.15, -0.1) is 0 Å². The lowest BCUT2D eigenvalue weighted by Gasteiger charge is -2.07. The summed E-state index contributed by atoms with van der Waals surface area (Å²) in [4.78, 5) is 16.2. The summed E-state index contributed by atoms with van der Waals surface area (Å²) in [5, 5.41) is 4.35. The smallest absolute Gasteiger partial charge is 0.331 e. The Labute approximate surface area is 166 Å². The van der Waals surface area contributed by atoms with Crippen LogP contribution in [0, 0.1) is 0 Å². The molecule has 144 valence electrons. The molecule has 0 N–H and O–H groups in total. The molecule has 0 bridgehead atoms. The molecule has 0 aliphatic heterocycles. The summed E-state index contributed by atoms with van der Waals surface area (Å²) in [6, 6.07) is 12.4. The molecule has 0 unspecified atom stereocenters. The Morgan fingerprint density at radius 2 is 2.00 bits per heavy atom. The van der Waals surface area contributed by atoms with Gasteiger partial charge in [0.05, 0.1) is 19.2 Å². The van der Waals surface area contributed by atoms with E-state index in [1.54, 1.807) is 56.7 Å². The highest BCUT2D eigenvalue weighted by molar-refractivity contribution is 6.33. The maximum atomic E-state index is 12.0. The number of rotatable bonds is 7. The molecular weight excluding hydrogens is 384 g/mol. The largest absolute Gasteiger partial charge is 0.497 e. The first-order valence-corrected chi connectivity index (χ1v) is 8.63. The molecule has 0 radical (unpaired) electrons. The molecule has 0 atom stereocenters. The molecule has 0 aliphatic carbocycles. The normalized spacial score (nSPS) is 10.8. The Kier molecular flexibility index (Phi) is 6.29. The Morgan fingerprint density at radius 3 is 2.75 bits per heavy atom. The van der Waals surface area contributed by atoms with Crippen LogP contribution in [0.1, 0.15) is 11.5 Å². The predicted octanol–water partition coefficient (Wildman–Crippen LogP) is 4.16. The van der Waals surface area contributed by atoms with Crippen LogP contribution in [0.2, 0.25) is 5.02 Å². The second kappa shape index (κ2) is 9.05. The van der Waals surface area contributed by atoms with Crippen LogP contribution >= 0.6 is 11.6 Å². The van der Waals surface area contributed by atoms with Gasteiger partial charge < -0.3 is 18.7 Å². The van der Waals surface area contributed by atoms with Crippen LogP contribution in [0.3, 0.4) is 0 Å². The second-order valence-electron chi connectivity index (χ2n) is 5.54. The van der Waals surface area contributed by atoms with E-state index in [1.165, 1.54) is 6.08 Å². The number of carbonyl (C=O) groups is 1. The van der Waals surface area contributed by atoms with E-state index in [4.69, 9.17) is 30.3 Å². The summed E-state index contributed by atoms with van der Waals surface area (Å²) in [6.45, 7) is -0.157. The predicted molar refractivity (Wildman–Crippen MR) is 103 cm³/mol. The third-order valence-electron chi connectivity index (χ3n) is 3.76. The lowest BCUT2D eigenvalue weighted by Crippen LogP contribution is -2.01. The number of halogens is 1. The number of hydrogen-bond acceptors (Lipinski definition) is 7. The third kappa shape index (κ3) is 4.69. The van der Waals surface area contributed by atoms with Gasteiger partial charge in [-0.1, -0.05) is 28.9 Å². The minimum atomic E-state index is -0.567. The summed E-state index contributed by atoms with van der Waals surface area (Å²) < 4.78 is 20.7. The number of hydrogen-bond donors (Lipinski definition) is 0. The highest BCUT2D eigenvalue weighted by Crippen LogP contribution is 2.26. The van der Waals surface area contributed by atoms with Crippen molar-refractivity contribution in [3.8, 4) is 22.9 Å². The highest BCUT2D eigenvalue weighted by Gasteiger charge is 2.12. The zero-order valence-electron chi connectivity index (χ0n) is 15.2. The van der Waals surface area contributed by atoms with E-state index < -0.39 is 5.97 Å². The number of nitrogens with zero attached hydrogens (tertiary/aromatic N) is 2. The van der Waals surface area contributed by atoms with E-state index in [0.29, 0.717) is 33.5 Å². The third-order valence-corrected chi connectivity index (χ3v) is 4.09. The molecule has 0 saturated carbocycles. The average Bonchev–Trinajstić information content (AvgIpc) is 3.19. The first-order valence-electron chi connectivity index (χ1n) is 8.25. The van der Waals surface area contributed by atoms with Crippen LogP contribution in [-0.2, 0) is 16.1 Å². The molecule has 0 amide bonds. The van der Waals surface area contributed by atoms with E-state index in [0.717, 1.165) is 0 Å². The van der Waals surface area contributed by atoms with Crippen molar-refractivity contribution in [3.05, 3.63) is 65.0 Å². The fraction of sp³-hybridized carbons (Fsp3) is 0.150. The Hall–Kier alpha value is -3.32. The number of methoxy groups -OCH3 is 2. The van der Waals surface area contributed by atoms with Gasteiger partial charge in [0.2, 0.25) is 5.82 Å². The average molecular weight is 401 g/mol. The first-order chi connectivity index (χ1) is 13.6. The van der Waals surface area contributed by atoms with Crippen LogP contribution in [0.25, 0.3) is 17.5 Å². The van der Waals surface area contributed by atoms with Gasteiger partial charge in [-0.25, -0.2) is 4.79 Å². The van der Waals surface area contributed by atoms with Crippen molar-refractivity contribution in [2.75, 3.05) is 14.2 Å². The lowest BCUT2D eigenvalue weighted by atomic mass is 10.1. The van der Waals surface area contributed by atoms with Gasteiger partial charge in [0, 0.05) is 17.2 Å². The fourth-order valence-electron chi connectivity index (χ4n) is 2.37. The molecule has 2 aromatic carbocycles. The Morgan fingerprint density at radius 1 is 1.18 bits per heavy atom. The van der Waals surface area contributed by atoms with Crippen molar-refractivity contribution in [2.45, 2.75) is 6.61 Å². The van der Waals surface area contributed by atoms with Gasteiger partial charge in [0.1, 0.15) is 11.5 Å². The monoisotopic (exact) mass is 400 g/mol. The van der Waals surface area contributed by atoms with Crippen LogP contribution in [-0.4, -0.2) is 30.3 Å². The molecule has 0 aliphatic rings. The van der Waals surface area contributed by atoms with Gasteiger partial charge >= 0.3 is 5.97 Å². The number of carbonyl (C=O) groups excluding carboxylic acids is 1. The van der Waals surface area contributed by atoms with E-state index in [1.807, 2.05) is 6.07 Å². The molecule has 8 heteroatoms. The molecule has 0 spiro atoms. The van der Waals surface area contributed by atoms with Crippen LogP contribution in [0.5, 0.6) is 11.5 Å². The van der Waals surface area contributed by atoms with Crippen LogP contribution < -0.4 is 9.47 Å². The van der Waals surface area contributed by atoms with Crippen LogP contribution in [0.4, 0.5) is 0 Å². The summed E-state index contributed by atoms with van der Waals surface area (Å²) in [5.74, 6) is 1.17. The maximum absolute atomic E-state index is 12.0. The van der Waals surface area contributed by atoms with Crippen molar-refractivity contribution < 1.29 is 23.5 Å². The molecule has 7 nitrogen and oxygen atoms in total. The maximum Gasteiger partial charge on any atom is 0.331 e. The molecule has 3 rings (SSSR count). The number of esters is 1. The number of benzene rings is 2. The van der Waals surface area contributed by atoms with E-state index in [9.17, 15) is 4.79 Å². The topological polar surface area (TPSA) is 83.7 Å². The quantitative estimate of drug-likeness (QED) is 0.434. The molecule has 28 heavy (non-hydrogen) atoms. The number of ether oxygens (including phenoxy) is 3. The van der Waals surface area contributed by atoms with Crippen molar-refractivity contribution in [1.82, 2.24) is 10.1 Å². The van der Waals surface area contributed by atoms with Gasteiger partial charge in [0.25, 0.3) is 5.89 Å². The minimum absolute atomic E-state index is 0.157. The lowest BCUT2D eigenvalue weighted by molar-refractivity contribution is -0.139. The summed E-state index contributed by atoms with van der Waals surface area (Å²) in [6.07, 6.45) is 2.86. The first kappa shape index (κ1) is 19.4. The minimum Gasteiger partial charge on any atom is -0.497 e. The highest BCUT2D eigenvalue weighted by atomic mass is 35.5. The molecule has 0 fully saturated rings. The standard InChI is InChI=1S/C20H17ClN2O5/c1-25-14-8-9-17(26-2)13(11-14)7-10-19(24)27-12-18-22-20(23-28-18)15-5-3-4-6-16(15)21/h3-11H,12H2,1-2H3/b10-7+. The van der Waals surface area contributed by atoms with Gasteiger partial charge in [-0.2, -0.15) is 4.98 Å². The second-order valence-corrected chi connectivity index (χ2v) is 5.95. The van der Waals surface area contributed by atoms with Gasteiger partial charge in [0.15, 0.2) is 6.61 Å². The molecule has 1 aromatic heterocycles. The van der Waals surface area contributed by atoms with Gasteiger partial charge in [-0.3, -0.25) is 0 Å². The van der Waals surface area contributed by atoms with Crippen LogP contribution in [0.15, 0.2) is 53.1 Å². The molecule has 1 heterocycles. The zero-order valence-corrected chi connectivity index (χ0v) is 16.0. The Balaban J connectivity index is 1.62. The Bertz CT molecular complexity index is 1000. The summed E-state index contributed by atoms with van der Waals surface area (Å²) in [5.41, 5.74) is 1.31. The number of aromatic nitrogens is 2.